The van der Waals surface area contributed by atoms with Gasteiger partial charge < -0.3 is 10.2 Å². The highest BCUT2D eigenvalue weighted by Gasteiger charge is 2.30. The fourth-order valence-electron chi connectivity index (χ4n) is 3.13. The fraction of sp³-hybridized carbons (Fsp3) is 0.300. The minimum absolute atomic E-state index is 0.0990. The van der Waals surface area contributed by atoms with Crippen molar-refractivity contribution in [2.24, 2.45) is 0 Å². The maximum atomic E-state index is 12.6. The van der Waals surface area contributed by atoms with E-state index in [1.54, 1.807) is 23.1 Å². The van der Waals surface area contributed by atoms with Crippen LogP contribution < -0.4 is 5.32 Å². The van der Waals surface area contributed by atoms with Crippen molar-refractivity contribution < 1.29 is 22.8 Å². The lowest BCUT2D eigenvalue weighted by Crippen LogP contribution is -2.46. The molecule has 4 nitrogen and oxygen atoms in total. The largest absolute Gasteiger partial charge is 0.416 e. The van der Waals surface area contributed by atoms with Gasteiger partial charge in [0.25, 0.3) is 11.8 Å². The Bertz CT molecular complexity index is 860. The van der Waals surface area contributed by atoms with Crippen LogP contribution in [0.3, 0.4) is 0 Å². The molecular formula is C20H19F3N2O2S. The number of nitrogens with one attached hydrogen (secondary N) is 1. The van der Waals surface area contributed by atoms with Crippen LogP contribution in [0.1, 0.15) is 39.1 Å². The van der Waals surface area contributed by atoms with Gasteiger partial charge in [-0.3, -0.25) is 9.59 Å². The molecule has 0 bridgehead atoms. The number of hydrogen-bond acceptors (Lipinski definition) is 3. The third kappa shape index (κ3) is 4.67. The number of thiol groups is 1. The Labute approximate surface area is 166 Å². The van der Waals surface area contributed by atoms with Gasteiger partial charge >= 0.3 is 6.18 Å². The summed E-state index contributed by atoms with van der Waals surface area (Å²) in [4.78, 5) is 27.2. The summed E-state index contributed by atoms with van der Waals surface area (Å²) in [6.07, 6.45) is -3.28. The first kappa shape index (κ1) is 20.3. The van der Waals surface area contributed by atoms with Crippen molar-refractivity contribution in [2.45, 2.75) is 30.0 Å². The first-order valence-corrected chi connectivity index (χ1v) is 9.26. The first-order chi connectivity index (χ1) is 13.3. The average molecular weight is 408 g/mol. The Kier molecular flexibility index (Phi) is 5.98. The summed E-state index contributed by atoms with van der Waals surface area (Å²) >= 11 is 4.31. The summed E-state index contributed by atoms with van der Waals surface area (Å²) in [5.41, 5.74) is -0.0751. The van der Waals surface area contributed by atoms with E-state index in [-0.39, 0.29) is 17.5 Å². The molecule has 2 aromatic carbocycles. The Hall–Kier alpha value is -2.48. The number of rotatable bonds is 3. The second-order valence-electron chi connectivity index (χ2n) is 6.63. The van der Waals surface area contributed by atoms with Crippen LogP contribution in [-0.2, 0) is 6.18 Å². The standard InChI is InChI=1S/C20H19F3N2O2S/c21-20(22,23)14-7-5-13(6-8-14)18(26)24-15-9-11-25(12-10-15)19(27)16-3-1-2-4-17(16)28/h1-8,15,28H,9-12H2,(H,24,26). The molecule has 0 unspecified atom stereocenters. The van der Waals surface area contributed by atoms with Gasteiger partial charge in [0.15, 0.2) is 0 Å². The predicted molar refractivity (Wildman–Crippen MR) is 102 cm³/mol. The second kappa shape index (κ2) is 8.26. The molecule has 1 fully saturated rings. The molecule has 1 N–H and O–H groups in total. The molecule has 2 aromatic rings. The Morgan fingerprint density at radius 3 is 2.18 bits per heavy atom. The van der Waals surface area contributed by atoms with E-state index in [1.165, 1.54) is 12.1 Å². The van der Waals surface area contributed by atoms with Crippen molar-refractivity contribution in [3.05, 3.63) is 65.2 Å². The van der Waals surface area contributed by atoms with Gasteiger partial charge in [-0.05, 0) is 49.2 Å². The first-order valence-electron chi connectivity index (χ1n) is 8.81. The zero-order valence-electron chi connectivity index (χ0n) is 14.9. The zero-order chi connectivity index (χ0) is 20.3. The van der Waals surface area contributed by atoms with Gasteiger partial charge in [-0.25, -0.2) is 0 Å². The molecular weight excluding hydrogens is 389 g/mol. The number of nitrogens with zero attached hydrogens (tertiary/aromatic N) is 1. The highest BCUT2D eigenvalue weighted by Crippen LogP contribution is 2.29. The molecule has 8 heteroatoms. The van der Waals surface area contributed by atoms with Crippen LogP contribution in [0.4, 0.5) is 13.2 Å². The van der Waals surface area contributed by atoms with Gasteiger partial charge in [-0.1, -0.05) is 12.1 Å². The quantitative estimate of drug-likeness (QED) is 0.754. The number of likely N-dealkylation sites (tertiary alicyclic amines) is 1. The summed E-state index contributed by atoms with van der Waals surface area (Å²) < 4.78 is 37.8. The van der Waals surface area contributed by atoms with E-state index in [1.807, 2.05) is 6.07 Å². The number of amides is 2. The van der Waals surface area contributed by atoms with E-state index >= 15 is 0 Å². The zero-order valence-corrected chi connectivity index (χ0v) is 15.8. The molecule has 0 saturated carbocycles. The molecule has 1 heterocycles. The van der Waals surface area contributed by atoms with Gasteiger partial charge in [-0.15, -0.1) is 12.6 Å². The third-order valence-corrected chi connectivity index (χ3v) is 5.12. The van der Waals surface area contributed by atoms with Crippen molar-refractivity contribution in [2.75, 3.05) is 13.1 Å². The minimum Gasteiger partial charge on any atom is -0.349 e. The van der Waals surface area contributed by atoms with Gasteiger partial charge in [0.1, 0.15) is 0 Å². The van der Waals surface area contributed by atoms with Crippen molar-refractivity contribution in [3.8, 4) is 0 Å². The molecule has 1 aliphatic rings. The van der Waals surface area contributed by atoms with Gasteiger partial charge in [0.05, 0.1) is 11.1 Å². The number of benzene rings is 2. The van der Waals surface area contributed by atoms with Crippen molar-refractivity contribution in [1.82, 2.24) is 10.2 Å². The average Bonchev–Trinajstić information content (AvgIpc) is 2.68. The molecule has 3 rings (SSSR count). The van der Waals surface area contributed by atoms with E-state index in [4.69, 9.17) is 0 Å². The monoisotopic (exact) mass is 408 g/mol. The van der Waals surface area contributed by atoms with Crippen molar-refractivity contribution in [3.63, 3.8) is 0 Å². The van der Waals surface area contributed by atoms with Crippen molar-refractivity contribution in [1.29, 1.82) is 0 Å². The van der Waals surface area contributed by atoms with Crippen molar-refractivity contribution >= 4 is 24.4 Å². The molecule has 148 valence electrons. The molecule has 28 heavy (non-hydrogen) atoms. The van der Waals surface area contributed by atoms with Crippen LogP contribution in [0.25, 0.3) is 0 Å². The van der Waals surface area contributed by atoms with E-state index in [0.29, 0.717) is 36.4 Å². The Morgan fingerprint density at radius 2 is 1.61 bits per heavy atom. The molecule has 0 aromatic heterocycles. The summed E-state index contributed by atoms with van der Waals surface area (Å²) in [5.74, 6) is -0.516. The maximum absolute atomic E-state index is 12.6. The van der Waals surface area contributed by atoms with Crippen LogP contribution in [0.15, 0.2) is 53.4 Å². The highest BCUT2D eigenvalue weighted by molar-refractivity contribution is 7.80. The number of carbonyl (C=O) groups excluding carboxylic acids is 2. The van der Waals surface area contributed by atoms with Gasteiger partial charge in [-0.2, -0.15) is 13.2 Å². The topological polar surface area (TPSA) is 49.4 Å². The lowest BCUT2D eigenvalue weighted by Gasteiger charge is -2.32. The lowest BCUT2D eigenvalue weighted by atomic mass is 10.0. The van der Waals surface area contributed by atoms with E-state index in [2.05, 4.69) is 17.9 Å². The van der Waals surface area contributed by atoms with Crippen LogP contribution >= 0.6 is 12.6 Å². The summed E-state index contributed by atoms with van der Waals surface area (Å²) in [6.45, 7) is 0.970. The smallest absolute Gasteiger partial charge is 0.349 e. The summed E-state index contributed by atoms with van der Waals surface area (Å²) in [6, 6.07) is 11.1. The van der Waals surface area contributed by atoms with E-state index in [0.717, 1.165) is 12.1 Å². The van der Waals surface area contributed by atoms with Crippen LogP contribution in [0.2, 0.25) is 0 Å². The Balaban J connectivity index is 1.55. The number of halogens is 3. The summed E-state index contributed by atoms with van der Waals surface area (Å²) in [5, 5.41) is 2.83. The molecule has 0 aliphatic carbocycles. The number of piperidine rings is 1. The predicted octanol–water partition coefficient (Wildman–Crippen LogP) is 4.03. The molecule has 1 aliphatic heterocycles. The Morgan fingerprint density at radius 1 is 1.00 bits per heavy atom. The lowest BCUT2D eigenvalue weighted by molar-refractivity contribution is -0.137. The molecule has 0 atom stereocenters. The molecule has 0 radical (unpaired) electrons. The number of carbonyl (C=O) groups is 2. The summed E-state index contributed by atoms with van der Waals surface area (Å²) in [7, 11) is 0. The number of hydrogen-bond donors (Lipinski definition) is 2. The maximum Gasteiger partial charge on any atom is 0.416 e. The second-order valence-corrected chi connectivity index (χ2v) is 7.11. The van der Waals surface area contributed by atoms with Crippen LogP contribution in [0, 0.1) is 0 Å². The van der Waals surface area contributed by atoms with Gasteiger partial charge in [0, 0.05) is 29.6 Å². The molecule has 1 saturated heterocycles. The van der Waals surface area contributed by atoms with E-state index < -0.39 is 17.6 Å². The number of alkyl halides is 3. The minimum atomic E-state index is -4.43. The van der Waals surface area contributed by atoms with Crippen LogP contribution in [-0.4, -0.2) is 35.8 Å². The van der Waals surface area contributed by atoms with Gasteiger partial charge in [0.2, 0.25) is 0 Å². The van der Waals surface area contributed by atoms with E-state index in [9.17, 15) is 22.8 Å². The third-order valence-electron chi connectivity index (χ3n) is 4.73. The normalized spacial score (nSPS) is 15.4. The highest BCUT2D eigenvalue weighted by atomic mass is 32.1. The van der Waals surface area contributed by atoms with Crippen LogP contribution in [0.5, 0.6) is 0 Å². The molecule has 2 amide bonds. The SMILES string of the molecule is O=C(NC1CCN(C(=O)c2ccccc2S)CC1)c1ccc(C(F)(F)F)cc1. The molecule has 0 spiro atoms. The fourth-order valence-corrected chi connectivity index (χ4v) is 3.39.